The van der Waals surface area contributed by atoms with Crippen LogP contribution in [0.2, 0.25) is 0 Å². The number of hydrogen-bond acceptors (Lipinski definition) is 5. The van der Waals surface area contributed by atoms with Gasteiger partial charge in [-0.2, -0.15) is 0 Å². The van der Waals surface area contributed by atoms with Crippen LogP contribution < -0.4 is 9.04 Å². The summed E-state index contributed by atoms with van der Waals surface area (Å²) < 4.78 is 46.6. The van der Waals surface area contributed by atoms with Gasteiger partial charge in [-0.05, 0) is 62.5 Å². The number of likely N-dealkylation sites (N-methyl/N-ethyl adjacent to an activating group) is 1. The first-order chi connectivity index (χ1) is 14.3. The number of benzene rings is 2. The van der Waals surface area contributed by atoms with Crippen LogP contribution in [0.4, 0.5) is 10.1 Å². The molecule has 1 aliphatic rings. The van der Waals surface area contributed by atoms with Crippen molar-refractivity contribution in [2.45, 2.75) is 11.8 Å². The maximum absolute atomic E-state index is 13.4. The maximum Gasteiger partial charge on any atom is 0.264 e. The van der Waals surface area contributed by atoms with E-state index in [1.54, 1.807) is 17.0 Å². The number of carbonyl (C=O) groups is 1. The number of sulfonamides is 1. The summed E-state index contributed by atoms with van der Waals surface area (Å²) in [7, 11) is -2.07. The molecule has 1 saturated heterocycles. The van der Waals surface area contributed by atoms with Crippen LogP contribution in [0.5, 0.6) is 5.75 Å². The molecule has 9 heteroatoms. The van der Waals surface area contributed by atoms with E-state index in [1.807, 2.05) is 14.0 Å². The fourth-order valence-corrected chi connectivity index (χ4v) is 4.62. The molecule has 0 aliphatic carbocycles. The first-order valence-electron chi connectivity index (χ1n) is 9.78. The Labute approximate surface area is 176 Å². The topological polar surface area (TPSA) is 70.2 Å². The van der Waals surface area contributed by atoms with Crippen LogP contribution in [0.3, 0.4) is 0 Å². The van der Waals surface area contributed by atoms with E-state index in [4.69, 9.17) is 4.74 Å². The number of ether oxygens (including phenoxy) is 1. The van der Waals surface area contributed by atoms with Crippen LogP contribution >= 0.6 is 0 Å². The first-order valence-corrected chi connectivity index (χ1v) is 11.2. The molecule has 1 aliphatic heterocycles. The number of rotatable bonds is 7. The van der Waals surface area contributed by atoms with Crippen molar-refractivity contribution in [1.82, 2.24) is 9.80 Å². The predicted octanol–water partition coefficient (Wildman–Crippen LogP) is 2.19. The van der Waals surface area contributed by atoms with Gasteiger partial charge < -0.3 is 14.5 Å². The summed E-state index contributed by atoms with van der Waals surface area (Å²) >= 11 is 0. The van der Waals surface area contributed by atoms with Crippen LogP contribution in [-0.4, -0.2) is 70.5 Å². The van der Waals surface area contributed by atoms with E-state index in [2.05, 4.69) is 4.90 Å². The molecule has 3 rings (SSSR count). The second-order valence-electron chi connectivity index (χ2n) is 7.08. The van der Waals surface area contributed by atoms with Gasteiger partial charge in [0, 0.05) is 26.2 Å². The predicted molar refractivity (Wildman–Crippen MR) is 113 cm³/mol. The lowest BCUT2D eigenvalue weighted by atomic mass is 10.3. The molecule has 0 spiro atoms. The second-order valence-corrected chi connectivity index (χ2v) is 8.94. The molecule has 0 bridgehead atoms. The number of halogens is 1. The van der Waals surface area contributed by atoms with E-state index >= 15 is 0 Å². The lowest BCUT2D eigenvalue weighted by Crippen LogP contribution is -2.50. The third kappa shape index (κ3) is 5.09. The van der Waals surface area contributed by atoms with Gasteiger partial charge in [0.2, 0.25) is 5.91 Å². The summed E-state index contributed by atoms with van der Waals surface area (Å²) in [5.41, 5.74) is 0.229. The molecule has 0 N–H and O–H groups in total. The molecule has 0 saturated carbocycles. The Morgan fingerprint density at radius 3 is 2.20 bits per heavy atom. The number of piperazine rings is 1. The summed E-state index contributed by atoms with van der Waals surface area (Å²) in [6.07, 6.45) is 0. The number of amides is 1. The molecule has 30 heavy (non-hydrogen) atoms. The fraction of sp³-hybridized carbons (Fsp3) is 0.381. The van der Waals surface area contributed by atoms with Crippen LogP contribution in [0.1, 0.15) is 6.92 Å². The zero-order valence-corrected chi connectivity index (χ0v) is 17.9. The third-order valence-electron chi connectivity index (χ3n) is 4.97. The highest BCUT2D eigenvalue weighted by molar-refractivity contribution is 7.92. The average molecular weight is 436 g/mol. The fourth-order valence-electron chi connectivity index (χ4n) is 3.20. The Morgan fingerprint density at radius 2 is 1.63 bits per heavy atom. The summed E-state index contributed by atoms with van der Waals surface area (Å²) in [5.74, 6) is -0.220. The minimum Gasteiger partial charge on any atom is -0.494 e. The summed E-state index contributed by atoms with van der Waals surface area (Å²) in [6, 6.07) is 11.1. The lowest BCUT2D eigenvalue weighted by molar-refractivity contribution is -0.131. The number of carbonyl (C=O) groups excluding carboxylic acids is 1. The molecular formula is C21H26FN3O4S. The molecule has 0 unspecified atom stereocenters. The molecule has 0 aromatic heterocycles. The Kier molecular flexibility index (Phi) is 6.94. The second kappa shape index (κ2) is 9.44. The monoisotopic (exact) mass is 435 g/mol. The molecule has 7 nitrogen and oxygen atoms in total. The van der Waals surface area contributed by atoms with Gasteiger partial charge in [-0.1, -0.05) is 0 Å². The molecule has 0 radical (unpaired) electrons. The largest absolute Gasteiger partial charge is 0.494 e. The van der Waals surface area contributed by atoms with Gasteiger partial charge in [-0.15, -0.1) is 0 Å². The highest BCUT2D eigenvalue weighted by Crippen LogP contribution is 2.26. The number of nitrogens with zero attached hydrogens (tertiary/aromatic N) is 3. The van der Waals surface area contributed by atoms with Gasteiger partial charge in [-0.3, -0.25) is 9.10 Å². The standard InChI is InChI=1S/C21H26FN3O4S/c1-3-29-19-8-10-20(11-9-19)30(27,28)25(18-6-4-17(22)5-7-18)16-21(26)24-14-12-23(2)13-15-24/h4-11H,3,12-16H2,1-2H3. The van der Waals surface area contributed by atoms with Gasteiger partial charge in [-0.25, -0.2) is 12.8 Å². The molecule has 2 aromatic rings. The maximum atomic E-state index is 13.4. The average Bonchev–Trinajstić information content (AvgIpc) is 2.74. The van der Waals surface area contributed by atoms with Crippen LogP contribution in [0.15, 0.2) is 53.4 Å². The van der Waals surface area contributed by atoms with Crippen molar-refractivity contribution in [3.8, 4) is 5.75 Å². The Bertz CT molecular complexity index is 957. The highest BCUT2D eigenvalue weighted by atomic mass is 32.2. The van der Waals surface area contributed by atoms with Crippen molar-refractivity contribution in [1.29, 1.82) is 0 Å². The lowest BCUT2D eigenvalue weighted by Gasteiger charge is -2.34. The SMILES string of the molecule is CCOc1ccc(S(=O)(=O)N(CC(=O)N2CCN(C)CC2)c2ccc(F)cc2)cc1. The zero-order valence-electron chi connectivity index (χ0n) is 17.1. The smallest absolute Gasteiger partial charge is 0.264 e. The molecule has 1 amide bonds. The minimum atomic E-state index is -4.05. The van der Waals surface area contributed by atoms with E-state index in [0.717, 1.165) is 17.4 Å². The first kappa shape index (κ1) is 22.0. The van der Waals surface area contributed by atoms with Crippen LogP contribution in [0.25, 0.3) is 0 Å². The van der Waals surface area contributed by atoms with Gasteiger partial charge in [0.15, 0.2) is 0 Å². The van der Waals surface area contributed by atoms with Crippen molar-refractivity contribution in [3.63, 3.8) is 0 Å². The van der Waals surface area contributed by atoms with Crippen molar-refractivity contribution in [2.24, 2.45) is 0 Å². The summed E-state index contributed by atoms with van der Waals surface area (Å²) in [6.45, 7) is 4.48. The van der Waals surface area contributed by atoms with Crippen molar-refractivity contribution in [2.75, 3.05) is 50.7 Å². The van der Waals surface area contributed by atoms with Gasteiger partial charge >= 0.3 is 0 Å². The Hall–Kier alpha value is -2.65. The van der Waals surface area contributed by atoms with Gasteiger partial charge in [0.05, 0.1) is 17.2 Å². The third-order valence-corrected chi connectivity index (χ3v) is 6.76. The molecule has 1 heterocycles. The zero-order chi connectivity index (χ0) is 21.7. The normalized spacial score (nSPS) is 15.1. The van der Waals surface area contributed by atoms with Crippen molar-refractivity contribution in [3.05, 3.63) is 54.3 Å². The van der Waals surface area contributed by atoms with Crippen LogP contribution in [-0.2, 0) is 14.8 Å². The molecule has 0 atom stereocenters. The molecule has 1 fully saturated rings. The van der Waals surface area contributed by atoms with Crippen LogP contribution in [0, 0.1) is 5.82 Å². The van der Waals surface area contributed by atoms with Crippen molar-refractivity contribution < 1.29 is 22.3 Å². The van der Waals surface area contributed by atoms with E-state index in [-0.39, 0.29) is 23.0 Å². The van der Waals surface area contributed by atoms with E-state index in [0.29, 0.717) is 25.4 Å². The van der Waals surface area contributed by atoms with Gasteiger partial charge in [0.1, 0.15) is 18.1 Å². The quantitative estimate of drug-likeness (QED) is 0.667. The molecular weight excluding hydrogens is 409 g/mol. The Morgan fingerprint density at radius 1 is 1.03 bits per heavy atom. The number of hydrogen-bond donors (Lipinski definition) is 0. The highest BCUT2D eigenvalue weighted by Gasteiger charge is 2.30. The molecule has 2 aromatic carbocycles. The van der Waals surface area contributed by atoms with E-state index in [9.17, 15) is 17.6 Å². The van der Waals surface area contributed by atoms with E-state index < -0.39 is 15.8 Å². The summed E-state index contributed by atoms with van der Waals surface area (Å²) in [4.78, 5) is 16.7. The van der Waals surface area contributed by atoms with Gasteiger partial charge in [0.25, 0.3) is 10.0 Å². The Balaban J connectivity index is 1.90. The summed E-state index contributed by atoms with van der Waals surface area (Å²) in [5, 5.41) is 0. The number of anilines is 1. The minimum absolute atomic E-state index is 0.0291. The van der Waals surface area contributed by atoms with Crippen molar-refractivity contribution >= 4 is 21.6 Å². The molecule has 162 valence electrons. The van der Waals surface area contributed by atoms with E-state index in [1.165, 1.54) is 36.4 Å².